The van der Waals surface area contributed by atoms with Crippen LogP contribution >= 0.6 is 11.3 Å². The zero-order valence-corrected chi connectivity index (χ0v) is 12.8. The molecule has 1 aromatic heterocycles. The summed E-state index contributed by atoms with van der Waals surface area (Å²) in [6.45, 7) is 5.03. The summed E-state index contributed by atoms with van der Waals surface area (Å²) in [5, 5.41) is 2.15. The molecule has 1 heterocycles. The van der Waals surface area contributed by atoms with Gasteiger partial charge >= 0.3 is 0 Å². The Bertz CT molecular complexity index is 537. The monoisotopic (exact) mass is 286 g/mol. The van der Waals surface area contributed by atoms with Gasteiger partial charge in [-0.1, -0.05) is 37.3 Å². The van der Waals surface area contributed by atoms with Crippen LogP contribution in [0.1, 0.15) is 22.9 Å². The molecule has 0 spiro atoms. The fraction of sp³-hybridized carbons (Fsp3) is 0.412. The smallest absolute Gasteiger partial charge is 0.0416 e. The summed E-state index contributed by atoms with van der Waals surface area (Å²) >= 11 is 1.84. The van der Waals surface area contributed by atoms with Crippen LogP contribution in [0.25, 0.3) is 0 Å². The number of hydrogen-bond donors (Lipinski definition) is 1. The van der Waals surface area contributed by atoms with E-state index in [1.54, 1.807) is 0 Å². The van der Waals surface area contributed by atoms with Crippen molar-refractivity contribution in [3.8, 4) is 0 Å². The average Bonchev–Trinajstić information content (AvgIpc) is 3.11. The molecule has 3 rings (SSSR count). The molecule has 0 radical (unpaired) electrons. The maximum Gasteiger partial charge on any atom is 0.0416 e. The summed E-state index contributed by atoms with van der Waals surface area (Å²) in [6, 6.07) is 13.1. The van der Waals surface area contributed by atoms with Crippen LogP contribution in [0.3, 0.4) is 0 Å². The second-order valence-electron chi connectivity index (χ2n) is 5.64. The van der Waals surface area contributed by atoms with Crippen LogP contribution in [0.2, 0.25) is 0 Å². The number of benzene rings is 1. The van der Waals surface area contributed by atoms with Crippen molar-refractivity contribution in [2.24, 2.45) is 5.73 Å². The number of nitrogens with two attached hydrogens (primary N) is 1. The van der Waals surface area contributed by atoms with Crippen LogP contribution in [-0.4, -0.2) is 23.5 Å². The van der Waals surface area contributed by atoms with Crippen molar-refractivity contribution in [2.75, 3.05) is 13.1 Å². The zero-order valence-electron chi connectivity index (χ0n) is 12.0. The summed E-state index contributed by atoms with van der Waals surface area (Å²) < 4.78 is 0. The second-order valence-corrected chi connectivity index (χ2v) is 6.68. The van der Waals surface area contributed by atoms with E-state index < -0.39 is 0 Å². The summed E-state index contributed by atoms with van der Waals surface area (Å²) in [6.07, 6.45) is 2.16. The Balaban J connectivity index is 1.85. The van der Waals surface area contributed by atoms with Gasteiger partial charge in [-0.05, 0) is 42.0 Å². The van der Waals surface area contributed by atoms with Gasteiger partial charge in [-0.15, -0.1) is 11.3 Å². The van der Waals surface area contributed by atoms with E-state index in [0.29, 0.717) is 0 Å². The highest BCUT2D eigenvalue weighted by atomic mass is 32.1. The molecule has 2 N–H and O–H groups in total. The minimum Gasteiger partial charge on any atom is -0.329 e. The first-order valence-electron chi connectivity index (χ1n) is 7.32. The van der Waals surface area contributed by atoms with Crippen molar-refractivity contribution >= 4 is 11.3 Å². The van der Waals surface area contributed by atoms with Gasteiger partial charge in [0.25, 0.3) is 0 Å². The first-order valence-corrected chi connectivity index (χ1v) is 8.19. The first kappa shape index (κ1) is 13.8. The Morgan fingerprint density at radius 3 is 2.35 bits per heavy atom. The average molecular weight is 286 g/mol. The summed E-state index contributed by atoms with van der Waals surface area (Å²) in [7, 11) is 0. The van der Waals surface area contributed by atoms with Gasteiger partial charge in [0.15, 0.2) is 0 Å². The third kappa shape index (κ3) is 2.41. The Morgan fingerprint density at radius 2 is 1.85 bits per heavy atom. The summed E-state index contributed by atoms with van der Waals surface area (Å²) in [5.41, 5.74) is 9.26. The van der Waals surface area contributed by atoms with Gasteiger partial charge in [0.2, 0.25) is 0 Å². The topological polar surface area (TPSA) is 29.3 Å². The van der Waals surface area contributed by atoms with Gasteiger partial charge < -0.3 is 5.73 Å². The van der Waals surface area contributed by atoms with E-state index >= 15 is 0 Å². The van der Waals surface area contributed by atoms with E-state index in [1.165, 1.54) is 16.0 Å². The van der Waals surface area contributed by atoms with Crippen molar-refractivity contribution in [2.45, 2.75) is 31.8 Å². The molecule has 20 heavy (non-hydrogen) atoms. The maximum atomic E-state index is 6.22. The van der Waals surface area contributed by atoms with E-state index in [9.17, 15) is 0 Å². The van der Waals surface area contributed by atoms with E-state index in [0.717, 1.165) is 32.5 Å². The van der Waals surface area contributed by atoms with Gasteiger partial charge in [0, 0.05) is 23.5 Å². The molecule has 106 valence electrons. The third-order valence-corrected chi connectivity index (χ3v) is 5.38. The molecule has 0 atom stereocenters. The number of likely N-dealkylation sites (N-methyl/N-ethyl adjacent to an activating group) is 1. The van der Waals surface area contributed by atoms with Crippen molar-refractivity contribution < 1.29 is 0 Å². The third-order valence-electron chi connectivity index (χ3n) is 4.52. The highest BCUT2D eigenvalue weighted by molar-refractivity contribution is 7.09. The molecule has 0 fully saturated rings. The molecule has 1 aliphatic carbocycles. The van der Waals surface area contributed by atoms with Gasteiger partial charge in [-0.3, -0.25) is 4.90 Å². The second kappa shape index (κ2) is 5.68. The first-order chi connectivity index (χ1) is 9.77. The Morgan fingerprint density at radius 1 is 1.15 bits per heavy atom. The Hall–Kier alpha value is -1.16. The minimum absolute atomic E-state index is 0.0996. The van der Waals surface area contributed by atoms with Crippen LogP contribution in [0.4, 0.5) is 0 Å². The van der Waals surface area contributed by atoms with E-state index in [2.05, 4.69) is 53.6 Å². The van der Waals surface area contributed by atoms with Crippen LogP contribution in [-0.2, 0) is 19.4 Å². The van der Waals surface area contributed by atoms with E-state index in [4.69, 9.17) is 5.73 Å². The normalized spacial score (nSPS) is 16.6. The Kier molecular flexibility index (Phi) is 3.92. The molecule has 0 saturated carbocycles. The standard InChI is InChI=1S/C17H22N2S/c1-2-19(12-16-8-5-9-20-16)17(13-18)10-14-6-3-4-7-15(14)11-17/h3-9H,2,10-13,18H2,1H3. The lowest BCUT2D eigenvalue weighted by atomic mass is 9.93. The number of nitrogens with zero attached hydrogens (tertiary/aromatic N) is 1. The molecule has 2 aromatic rings. The van der Waals surface area contributed by atoms with Crippen molar-refractivity contribution in [3.63, 3.8) is 0 Å². The molecule has 0 saturated heterocycles. The molecule has 0 unspecified atom stereocenters. The van der Waals surface area contributed by atoms with Gasteiger partial charge in [0.05, 0.1) is 0 Å². The molecule has 1 aliphatic rings. The lowest BCUT2D eigenvalue weighted by Crippen LogP contribution is -2.54. The molecule has 3 heteroatoms. The Labute approximate surface area is 125 Å². The largest absolute Gasteiger partial charge is 0.329 e. The van der Waals surface area contributed by atoms with Crippen LogP contribution in [0.15, 0.2) is 41.8 Å². The minimum atomic E-state index is 0.0996. The van der Waals surface area contributed by atoms with Crippen LogP contribution in [0.5, 0.6) is 0 Å². The van der Waals surface area contributed by atoms with Crippen molar-refractivity contribution in [1.29, 1.82) is 0 Å². The fourth-order valence-corrected chi connectivity index (χ4v) is 4.10. The van der Waals surface area contributed by atoms with Crippen molar-refractivity contribution in [3.05, 3.63) is 57.8 Å². The van der Waals surface area contributed by atoms with Crippen LogP contribution < -0.4 is 5.73 Å². The van der Waals surface area contributed by atoms with Gasteiger partial charge in [0.1, 0.15) is 0 Å². The highest BCUT2D eigenvalue weighted by Gasteiger charge is 2.40. The highest BCUT2D eigenvalue weighted by Crippen LogP contribution is 2.35. The van der Waals surface area contributed by atoms with Crippen LogP contribution in [0, 0.1) is 0 Å². The lowest BCUT2D eigenvalue weighted by Gasteiger charge is -2.40. The van der Waals surface area contributed by atoms with E-state index in [1.807, 2.05) is 11.3 Å². The maximum absolute atomic E-state index is 6.22. The molecule has 0 amide bonds. The number of thiophene rings is 1. The van der Waals surface area contributed by atoms with E-state index in [-0.39, 0.29) is 5.54 Å². The summed E-state index contributed by atoms with van der Waals surface area (Å²) in [5.74, 6) is 0. The van der Waals surface area contributed by atoms with Gasteiger partial charge in [-0.2, -0.15) is 0 Å². The molecular formula is C17H22N2S. The molecule has 0 bridgehead atoms. The number of hydrogen-bond acceptors (Lipinski definition) is 3. The molecule has 1 aromatic carbocycles. The number of rotatable bonds is 5. The van der Waals surface area contributed by atoms with Crippen molar-refractivity contribution in [1.82, 2.24) is 4.90 Å². The predicted molar refractivity (Wildman–Crippen MR) is 86.0 cm³/mol. The quantitative estimate of drug-likeness (QED) is 0.915. The lowest BCUT2D eigenvalue weighted by molar-refractivity contribution is 0.102. The fourth-order valence-electron chi connectivity index (χ4n) is 3.38. The molecule has 2 nitrogen and oxygen atoms in total. The zero-order chi connectivity index (χ0) is 14.0. The van der Waals surface area contributed by atoms with Gasteiger partial charge in [-0.25, -0.2) is 0 Å². The predicted octanol–water partition coefficient (Wildman–Crippen LogP) is 3.07. The number of fused-ring (bicyclic) bond motifs is 1. The SMILES string of the molecule is CCN(Cc1cccs1)C1(CN)Cc2ccccc2C1. The molecular weight excluding hydrogens is 264 g/mol. The summed E-state index contributed by atoms with van der Waals surface area (Å²) in [4.78, 5) is 3.99. The molecule has 0 aliphatic heterocycles.